The summed E-state index contributed by atoms with van der Waals surface area (Å²) >= 11 is 0. The number of carbonyl (C=O) groups excluding carboxylic acids is 2. The lowest BCUT2D eigenvalue weighted by atomic mass is 9.82. The highest BCUT2D eigenvalue weighted by molar-refractivity contribution is 6.07. The lowest BCUT2D eigenvalue weighted by Gasteiger charge is -2.38. The normalized spacial score (nSPS) is 22.2. The Morgan fingerprint density at radius 1 is 1.35 bits per heavy atom. The summed E-state index contributed by atoms with van der Waals surface area (Å²) in [4.78, 5) is 26.6. The Labute approximate surface area is 120 Å². The number of nitrogens with one attached hydrogen (secondary N) is 1. The maximum Gasteiger partial charge on any atom is 0.335 e. The van der Waals surface area contributed by atoms with Gasteiger partial charge in [0.05, 0.1) is 5.57 Å². The fraction of sp³-hybridized carbons (Fsp3) is 0.733. The van der Waals surface area contributed by atoms with E-state index in [1.165, 1.54) is 0 Å². The van der Waals surface area contributed by atoms with E-state index >= 15 is 0 Å². The number of ether oxygens (including phenoxy) is 1. The number of hydrogen-bond donors (Lipinski definition) is 1. The summed E-state index contributed by atoms with van der Waals surface area (Å²) in [6.07, 6.45) is 2.29. The van der Waals surface area contributed by atoms with Crippen molar-refractivity contribution in [2.24, 2.45) is 0 Å². The summed E-state index contributed by atoms with van der Waals surface area (Å²) in [5, 5.41) is 2.88. The first-order chi connectivity index (χ1) is 9.54. The first-order valence-electron chi connectivity index (χ1n) is 7.49. The van der Waals surface area contributed by atoms with Crippen LogP contribution in [-0.4, -0.2) is 48.6 Å². The van der Waals surface area contributed by atoms with Crippen molar-refractivity contribution >= 4 is 11.9 Å². The maximum atomic E-state index is 12.4. The summed E-state index contributed by atoms with van der Waals surface area (Å²) in [6.45, 7) is 9.17. The Morgan fingerprint density at radius 2 is 2.00 bits per heavy atom. The van der Waals surface area contributed by atoms with Gasteiger partial charge in [-0.3, -0.25) is 4.79 Å². The molecule has 0 bridgehead atoms. The van der Waals surface area contributed by atoms with Gasteiger partial charge in [-0.05, 0) is 19.9 Å². The third-order valence-corrected chi connectivity index (χ3v) is 4.30. The fourth-order valence-corrected chi connectivity index (χ4v) is 3.04. The van der Waals surface area contributed by atoms with Gasteiger partial charge in [-0.15, -0.1) is 0 Å². The van der Waals surface area contributed by atoms with Gasteiger partial charge in [0.25, 0.3) is 5.91 Å². The van der Waals surface area contributed by atoms with E-state index in [-0.39, 0.29) is 11.9 Å². The summed E-state index contributed by atoms with van der Waals surface area (Å²) in [7, 11) is 0. The van der Waals surface area contributed by atoms with Crippen molar-refractivity contribution in [3.8, 4) is 0 Å². The number of rotatable bonds is 4. The molecule has 1 spiro atoms. The molecular weight excluding hydrogens is 256 g/mol. The number of nitrogens with zero attached hydrogens (tertiary/aromatic N) is 1. The smallest absolute Gasteiger partial charge is 0.335 e. The van der Waals surface area contributed by atoms with Crippen molar-refractivity contribution < 1.29 is 14.3 Å². The molecule has 5 heteroatoms. The van der Waals surface area contributed by atoms with Gasteiger partial charge < -0.3 is 15.0 Å². The van der Waals surface area contributed by atoms with Crippen LogP contribution in [0.5, 0.6) is 0 Å². The Morgan fingerprint density at radius 3 is 2.55 bits per heavy atom. The Balaban J connectivity index is 2.21. The van der Waals surface area contributed by atoms with E-state index < -0.39 is 5.60 Å². The molecule has 0 aromatic carbocycles. The minimum absolute atomic E-state index is 0.139. The number of carbonyl (C=O) groups is 2. The summed E-state index contributed by atoms with van der Waals surface area (Å²) < 4.78 is 5.61. The van der Waals surface area contributed by atoms with Crippen molar-refractivity contribution in [2.75, 3.05) is 26.2 Å². The number of amides is 1. The molecular formula is C15H24N2O3. The standard InChI is InChI=1S/C15H24N2O3/c1-4-8-16-13(18)12-11(3)14(19)20-15(12)6-9-17(5-2)10-7-15/h4-10H2,1-3H3,(H,16,18). The van der Waals surface area contributed by atoms with Crippen molar-refractivity contribution in [3.05, 3.63) is 11.1 Å². The minimum Gasteiger partial charge on any atom is -0.450 e. The van der Waals surface area contributed by atoms with Gasteiger partial charge >= 0.3 is 5.97 Å². The van der Waals surface area contributed by atoms with Crippen LogP contribution in [0.4, 0.5) is 0 Å². The molecule has 0 atom stereocenters. The highest BCUT2D eigenvalue weighted by Crippen LogP contribution is 2.40. The molecule has 0 radical (unpaired) electrons. The van der Waals surface area contributed by atoms with Crippen LogP contribution in [-0.2, 0) is 14.3 Å². The highest BCUT2D eigenvalue weighted by Gasteiger charge is 2.50. The van der Waals surface area contributed by atoms with E-state index in [1.54, 1.807) is 6.92 Å². The maximum absolute atomic E-state index is 12.4. The van der Waals surface area contributed by atoms with E-state index in [2.05, 4.69) is 17.1 Å². The van der Waals surface area contributed by atoms with E-state index in [4.69, 9.17) is 4.74 Å². The van der Waals surface area contributed by atoms with Gasteiger partial charge in [0.2, 0.25) is 0 Å². The number of likely N-dealkylation sites (tertiary alicyclic amines) is 1. The molecule has 2 aliphatic heterocycles. The summed E-state index contributed by atoms with van der Waals surface area (Å²) in [5.74, 6) is -0.475. The summed E-state index contributed by atoms with van der Waals surface area (Å²) in [5.41, 5.74) is 0.347. The first kappa shape index (κ1) is 15.0. The SMILES string of the molecule is CCCNC(=O)C1=C(C)C(=O)OC12CCN(CC)CC2. The lowest BCUT2D eigenvalue weighted by Crippen LogP contribution is -2.48. The van der Waals surface area contributed by atoms with Crippen LogP contribution in [0.2, 0.25) is 0 Å². The summed E-state index contributed by atoms with van der Waals surface area (Å²) in [6, 6.07) is 0. The molecule has 1 fully saturated rings. The average Bonchev–Trinajstić information content (AvgIpc) is 2.68. The molecule has 2 aliphatic rings. The predicted molar refractivity (Wildman–Crippen MR) is 76.2 cm³/mol. The zero-order chi connectivity index (χ0) is 14.8. The lowest BCUT2D eigenvalue weighted by molar-refractivity contribution is -0.150. The van der Waals surface area contributed by atoms with Crippen LogP contribution in [0.25, 0.3) is 0 Å². The minimum atomic E-state index is -0.690. The second-order valence-electron chi connectivity index (χ2n) is 5.57. The van der Waals surface area contributed by atoms with Crippen LogP contribution in [0.15, 0.2) is 11.1 Å². The molecule has 1 amide bonds. The van der Waals surface area contributed by atoms with Crippen molar-refractivity contribution in [2.45, 2.75) is 45.6 Å². The van der Waals surface area contributed by atoms with Crippen LogP contribution < -0.4 is 5.32 Å². The largest absolute Gasteiger partial charge is 0.450 e. The van der Waals surface area contributed by atoms with Crippen LogP contribution >= 0.6 is 0 Å². The van der Waals surface area contributed by atoms with Gasteiger partial charge in [-0.1, -0.05) is 13.8 Å². The molecule has 0 aromatic rings. The zero-order valence-electron chi connectivity index (χ0n) is 12.6. The Bertz CT molecular complexity index is 434. The van der Waals surface area contributed by atoms with Gasteiger partial charge in [0.15, 0.2) is 0 Å². The first-order valence-corrected chi connectivity index (χ1v) is 7.49. The molecule has 1 N–H and O–H groups in total. The molecule has 112 valence electrons. The predicted octanol–water partition coefficient (Wildman–Crippen LogP) is 1.24. The molecule has 20 heavy (non-hydrogen) atoms. The third kappa shape index (κ3) is 2.59. The Kier molecular flexibility index (Phi) is 4.48. The van der Waals surface area contributed by atoms with Gasteiger partial charge in [-0.2, -0.15) is 0 Å². The van der Waals surface area contributed by atoms with Gasteiger partial charge in [0.1, 0.15) is 5.60 Å². The molecule has 0 saturated carbocycles. The van der Waals surface area contributed by atoms with Gasteiger partial charge in [-0.25, -0.2) is 4.79 Å². The van der Waals surface area contributed by atoms with E-state index in [0.717, 1.165) is 26.1 Å². The molecule has 2 rings (SSSR count). The van der Waals surface area contributed by atoms with Crippen molar-refractivity contribution in [3.63, 3.8) is 0 Å². The van der Waals surface area contributed by atoms with E-state index in [1.807, 2.05) is 6.92 Å². The third-order valence-electron chi connectivity index (χ3n) is 4.30. The second kappa shape index (κ2) is 5.95. The second-order valence-corrected chi connectivity index (χ2v) is 5.57. The molecule has 0 unspecified atom stereocenters. The molecule has 0 aromatic heterocycles. The number of hydrogen-bond acceptors (Lipinski definition) is 4. The fourth-order valence-electron chi connectivity index (χ4n) is 3.04. The Hall–Kier alpha value is -1.36. The topological polar surface area (TPSA) is 58.6 Å². The van der Waals surface area contributed by atoms with Crippen LogP contribution in [0.3, 0.4) is 0 Å². The molecule has 5 nitrogen and oxygen atoms in total. The molecule has 1 saturated heterocycles. The molecule has 2 heterocycles. The monoisotopic (exact) mass is 280 g/mol. The van der Waals surface area contributed by atoms with E-state index in [0.29, 0.717) is 30.5 Å². The quantitative estimate of drug-likeness (QED) is 0.787. The molecule has 0 aliphatic carbocycles. The number of esters is 1. The van der Waals surface area contributed by atoms with E-state index in [9.17, 15) is 9.59 Å². The van der Waals surface area contributed by atoms with Crippen LogP contribution in [0, 0.1) is 0 Å². The zero-order valence-corrected chi connectivity index (χ0v) is 12.6. The highest BCUT2D eigenvalue weighted by atomic mass is 16.6. The average molecular weight is 280 g/mol. The van der Waals surface area contributed by atoms with Crippen molar-refractivity contribution in [1.82, 2.24) is 10.2 Å². The van der Waals surface area contributed by atoms with Crippen molar-refractivity contribution in [1.29, 1.82) is 0 Å². The van der Waals surface area contributed by atoms with Gasteiger partial charge in [0, 0.05) is 38.0 Å². The van der Waals surface area contributed by atoms with Crippen LogP contribution in [0.1, 0.15) is 40.0 Å². The number of piperidine rings is 1.